The molecule has 1 saturated heterocycles. The molecule has 5 heteroatoms. The van der Waals surface area contributed by atoms with Crippen LogP contribution in [0.3, 0.4) is 0 Å². The molecule has 1 aliphatic rings. The fourth-order valence-electron chi connectivity index (χ4n) is 2.37. The molecule has 2 atom stereocenters. The van der Waals surface area contributed by atoms with Gasteiger partial charge in [0.2, 0.25) is 0 Å². The lowest BCUT2D eigenvalue weighted by Crippen LogP contribution is -2.50. The van der Waals surface area contributed by atoms with Crippen molar-refractivity contribution >= 4 is 5.91 Å². The summed E-state index contributed by atoms with van der Waals surface area (Å²) >= 11 is 0. The molecule has 23 heavy (non-hydrogen) atoms. The van der Waals surface area contributed by atoms with Crippen LogP contribution in [0.25, 0.3) is 0 Å². The van der Waals surface area contributed by atoms with E-state index < -0.39 is 0 Å². The molecule has 5 nitrogen and oxygen atoms in total. The van der Waals surface area contributed by atoms with E-state index in [-0.39, 0.29) is 18.1 Å². The second kappa shape index (κ2) is 8.70. The van der Waals surface area contributed by atoms with Crippen molar-refractivity contribution in [3.05, 3.63) is 41.5 Å². The molecule has 1 heterocycles. The molecule has 1 aliphatic heterocycles. The maximum absolute atomic E-state index is 12.4. The predicted molar refractivity (Wildman–Crippen MR) is 88.9 cm³/mol. The summed E-state index contributed by atoms with van der Waals surface area (Å²) in [5.41, 5.74) is 1.82. The maximum Gasteiger partial charge on any atom is 0.251 e. The second-order valence-corrected chi connectivity index (χ2v) is 5.83. The lowest BCUT2D eigenvalue weighted by atomic mass is 10.1. The molecule has 0 bridgehead atoms. The van der Waals surface area contributed by atoms with Gasteiger partial charge >= 0.3 is 0 Å². The van der Waals surface area contributed by atoms with Crippen molar-refractivity contribution in [2.75, 3.05) is 26.9 Å². The molecular formula is C18H25NO4. The lowest BCUT2D eigenvalue weighted by Gasteiger charge is -2.31. The van der Waals surface area contributed by atoms with Gasteiger partial charge in [0.25, 0.3) is 5.91 Å². The van der Waals surface area contributed by atoms with Crippen LogP contribution in [-0.4, -0.2) is 45.0 Å². The molecule has 0 saturated carbocycles. The summed E-state index contributed by atoms with van der Waals surface area (Å²) in [6.07, 6.45) is 2.65. The molecule has 1 aromatic carbocycles. The first-order valence-corrected chi connectivity index (χ1v) is 7.88. The summed E-state index contributed by atoms with van der Waals surface area (Å²) in [6.45, 7) is 5.73. The van der Waals surface area contributed by atoms with Crippen molar-refractivity contribution in [1.29, 1.82) is 0 Å². The van der Waals surface area contributed by atoms with Crippen molar-refractivity contribution in [2.24, 2.45) is 0 Å². The number of benzene rings is 1. The number of amides is 1. The van der Waals surface area contributed by atoms with Crippen molar-refractivity contribution in [1.82, 2.24) is 5.32 Å². The number of hydrogen-bond acceptors (Lipinski definition) is 4. The molecule has 0 aromatic heterocycles. The van der Waals surface area contributed by atoms with Crippen molar-refractivity contribution in [3.8, 4) is 5.75 Å². The number of hydrogen-bond donors (Lipinski definition) is 1. The number of ether oxygens (including phenoxy) is 3. The SMILES string of the molecule is COc1ccc(C(=O)N[C@@H]2CCOC[C@H]2OCC=C(C)C)cc1. The summed E-state index contributed by atoms with van der Waals surface area (Å²) in [5, 5.41) is 3.06. The zero-order chi connectivity index (χ0) is 16.7. The van der Waals surface area contributed by atoms with E-state index >= 15 is 0 Å². The van der Waals surface area contributed by atoms with E-state index in [1.807, 2.05) is 19.9 Å². The van der Waals surface area contributed by atoms with E-state index in [9.17, 15) is 4.79 Å². The molecule has 0 unspecified atom stereocenters. The van der Waals surface area contributed by atoms with Gasteiger partial charge < -0.3 is 19.5 Å². The Kier molecular flexibility index (Phi) is 6.62. The first kappa shape index (κ1) is 17.5. The molecule has 1 fully saturated rings. The van der Waals surface area contributed by atoms with Crippen LogP contribution in [0.2, 0.25) is 0 Å². The molecule has 1 amide bonds. The van der Waals surface area contributed by atoms with Crippen LogP contribution in [0, 0.1) is 0 Å². The van der Waals surface area contributed by atoms with E-state index in [2.05, 4.69) is 5.32 Å². The van der Waals surface area contributed by atoms with Gasteiger partial charge in [-0.3, -0.25) is 4.79 Å². The average Bonchev–Trinajstić information content (AvgIpc) is 2.56. The largest absolute Gasteiger partial charge is 0.497 e. The van der Waals surface area contributed by atoms with Gasteiger partial charge in [-0.2, -0.15) is 0 Å². The van der Waals surface area contributed by atoms with Crippen LogP contribution in [0.5, 0.6) is 5.75 Å². The van der Waals surface area contributed by atoms with Crippen molar-refractivity contribution < 1.29 is 19.0 Å². The molecule has 0 spiro atoms. The van der Waals surface area contributed by atoms with E-state index in [0.29, 0.717) is 25.4 Å². The van der Waals surface area contributed by atoms with Crippen LogP contribution < -0.4 is 10.1 Å². The standard InChI is InChI=1S/C18H25NO4/c1-13(2)8-11-23-17-12-22-10-9-16(17)19-18(20)14-4-6-15(21-3)7-5-14/h4-8,16-17H,9-12H2,1-3H3,(H,19,20)/t16-,17-/m1/s1. The molecule has 2 rings (SSSR count). The van der Waals surface area contributed by atoms with Gasteiger partial charge in [-0.15, -0.1) is 0 Å². The second-order valence-electron chi connectivity index (χ2n) is 5.83. The molecule has 0 radical (unpaired) electrons. The third-order valence-electron chi connectivity index (χ3n) is 3.77. The highest BCUT2D eigenvalue weighted by Crippen LogP contribution is 2.15. The third kappa shape index (κ3) is 5.37. The zero-order valence-corrected chi connectivity index (χ0v) is 14.0. The van der Waals surface area contributed by atoms with E-state index in [4.69, 9.17) is 14.2 Å². The Bertz CT molecular complexity index is 534. The smallest absolute Gasteiger partial charge is 0.251 e. The first-order chi connectivity index (χ1) is 11.1. The van der Waals surface area contributed by atoms with Gasteiger partial charge in [0.1, 0.15) is 11.9 Å². The minimum absolute atomic E-state index is 0.0380. The first-order valence-electron chi connectivity index (χ1n) is 7.88. The molecule has 1 aromatic rings. The summed E-state index contributed by atoms with van der Waals surface area (Å²) in [5.74, 6) is 0.630. The normalized spacial score (nSPS) is 20.7. The topological polar surface area (TPSA) is 56.8 Å². The minimum atomic E-state index is -0.124. The van der Waals surface area contributed by atoms with Gasteiger partial charge in [0.05, 0.1) is 26.4 Å². The monoisotopic (exact) mass is 319 g/mol. The van der Waals surface area contributed by atoms with Gasteiger partial charge in [-0.1, -0.05) is 11.6 Å². The molecular weight excluding hydrogens is 294 g/mol. The zero-order valence-electron chi connectivity index (χ0n) is 14.0. The van der Waals surface area contributed by atoms with Gasteiger partial charge in [0, 0.05) is 12.2 Å². The highest BCUT2D eigenvalue weighted by molar-refractivity contribution is 5.94. The molecule has 126 valence electrons. The van der Waals surface area contributed by atoms with Crippen LogP contribution in [0.4, 0.5) is 0 Å². The number of methoxy groups -OCH3 is 1. The Morgan fingerprint density at radius 1 is 1.35 bits per heavy atom. The third-order valence-corrected chi connectivity index (χ3v) is 3.77. The Hall–Kier alpha value is -1.85. The lowest BCUT2D eigenvalue weighted by molar-refractivity contribution is -0.0589. The van der Waals surface area contributed by atoms with Crippen molar-refractivity contribution in [3.63, 3.8) is 0 Å². The number of carbonyl (C=O) groups is 1. The number of carbonyl (C=O) groups excluding carboxylic acids is 1. The highest BCUT2D eigenvalue weighted by atomic mass is 16.5. The van der Waals surface area contributed by atoms with E-state index in [1.54, 1.807) is 31.4 Å². The van der Waals surface area contributed by atoms with Crippen LogP contribution in [0.1, 0.15) is 30.6 Å². The Morgan fingerprint density at radius 3 is 2.74 bits per heavy atom. The Morgan fingerprint density at radius 2 is 2.09 bits per heavy atom. The number of allylic oxidation sites excluding steroid dienone is 1. The fraction of sp³-hybridized carbons (Fsp3) is 0.500. The minimum Gasteiger partial charge on any atom is -0.497 e. The molecule has 1 N–H and O–H groups in total. The summed E-state index contributed by atoms with van der Waals surface area (Å²) in [6, 6.07) is 7.03. The van der Waals surface area contributed by atoms with Gasteiger partial charge in [0.15, 0.2) is 0 Å². The Labute approximate surface area is 137 Å². The van der Waals surface area contributed by atoms with Crippen molar-refractivity contribution in [2.45, 2.75) is 32.4 Å². The van der Waals surface area contributed by atoms with Crippen LogP contribution >= 0.6 is 0 Å². The number of rotatable bonds is 6. The predicted octanol–water partition coefficient (Wildman–Crippen LogP) is 2.57. The van der Waals surface area contributed by atoms with E-state index in [1.165, 1.54) is 5.57 Å². The number of nitrogens with one attached hydrogen (secondary N) is 1. The van der Waals surface area contributed by atoms with Crippen LogP contribution in [-0.2, 0) is 9.47 Å². The quantitative estimate of drug-likeness (QED) is 0.819. The van der Waals surface area contributed by atoms with E-state index in [0.717, 1.165) is 12.2 Å². The fourth-order valence-corrected chi connectivity index (χ4v) is 2.37. The van der Waals surface area contributed by atoms with Crippen LogP contribution in [0.15, 0.2) is 35.9 Å². The summed E-state index contributed by atoms with van der Waals surface area (Å²) in [7, 11) is 1.60. The highest BCUT2D eigenvalue weighted by Gasteiger charge is 2.28. The Balaban J connectivity index is 1.94. The molecule has 0 aliphatic carbocycles. The van der Waals surface area contributed by atoms with Gasteiger partial charge in [-0.05, 0) is 44.5 Å². The summed E-state index contributed by atoms with van der Waals surface area (Å²) in [4.78, 5) is 12.4. The van der Waals surface area contributed by atoms with Gasteiger partial charge in [-0.25, -0.2) is 0 Å². The average molecular weight is 319 g/mol. The maximum atomic E-state index is 12.4. The summed E-state index contributed by atoms with van der Waals surface area (Å²) < 4.78 is 16.4.